The Labute approximate surface area is 133 Å². The van der Waals surface area contributed by atoms with Crippen LogP contribution in [0.5, 0.6) is 0 Å². The zero-order valence-corrected chi connectivity index (χ0v) is 13.4. The van der Waals surface area contributed by atoms with Crippen LogP contribution in [0.4, 0.5) is 0 Å². The maximum atomic E-state index is 12.3. The number of amides is 1. The van der Waals surface area contributed by atoms with Gasteiger partial charge in [0.15, 0.2) is 0 Å². The van der Waals surface area contributed by atoms with Gasteiger partial charge in [0.25, 0.3) is 5.91 Å². The number of carbonyl (C=O) groups excluding carboxylic acids is 1. The molecule has 102 valence electrons. The first-order valence-corrected chi connectivity index (χ1v) is 8.87. The van der Waals surface area contributed by atoms with Gasteiger partial charge in [-0.15, -0.1) is 22.7 Å². The van der Waals surface area contributed by atoms with Crippen LogP contribution in [0, 0.1) is 0 Å². The lowest BCUT2D eigenvalue weighted by Crippen LogP contribution is -2.27. The molecule has 0 aliphatic heterocycles. The van der Waals surface area contributed by atoms with Gasteiger partial charge in [-0.1, -0.05) is 17.7 Å². The third-order valence-electron chi connectivity index (χ3n) is 2.78. The van der Waals surface area contributed by atoms with Crippen molar-refractivity contribution in [3.8, 4) is 0 Å². The van der Waals surface area contributed by atoms with E-state index in [-0.39, 0.29) is 11.9 Å². The van der Waals surface area contributed by atoms with Crippen LogP contribution in [0.2, 0.25) is 4.34 Å². The van der Waals surface area contributed by atoms with Crippen molar-refractivity contribution in [3.05, 3.63) is 66.1 Å². The first-order valence-electron chi connectivity index (χ1n) is 5.86. The molecule has 1 amide bonds. The van der Waals surface area contributed by atoms with Crippen LogP contribution in [0.25, 0.3) is 0 Å². The van der Waals surface area contributed by atoms with Crippen LogP contribution < -0.4 is 5.32 Å². The van der Waals surface area contributed by atoms with Gasteiger partial charge in [-0.3, -0.25) is 4.79 Å². The molecule has 3 aromatic rings. The second kappa shape index (κ2) is 6.10. The lowest BCUT2D eigenvalue weighted by Gasteiger charge is -2.16. The normalized spacial score (nSPS) is 12.2. The molecule has 0 spiro atoms. The molecule has 0 fully saturated rings. The molecule has 1 atom stereocenters. The van der Waals surface area contributed by atoms with Crippen molar-refractivity contribution in [2.24, 2.45) is 0 Å². The van der Waals surface area contributed by atoms with Crippen LogP contribution in [-0.4, -0.2) is 5.91 Å². The van der Waals surface area contributed by atoms with E-state index in [0.717, 1.165) is 10.4 Å². The predicted octanol–water partition coefficient (Wildman–Crippen LogP) is 5.04. The first kappa shape index (κ1) is 13.8. The van der Waals surface area contributed by atoms with Crippen LogP contribution in [-0.2, 0) is 0 Å². The third-order valence-corrected chi connectivity index (χ3v) is 5.65. The summed E-state index contributed by atoms with van der Waals surface area (Å²) in [5.74, 6) is -0.0912. The summed E-state index contributed by atoms with van der Waals surface area (Å²) >= 11 is 10.4. The Hall–Kier alpha value is -1.14. The van der Waals surface area contributed by atoms with Gasteiger partial charge in [0.2, 0.25) is 0 Å². The largest absolute Gasteiger partial charge is 0.340 e. The number of nitrogens with one attached hydrogen (secondary N) is 1. The van der Waals surface area contributed by atoms with E-state index in [1.807, 2.05) is 29.0 Å². The molecule has 0 aliphatic rings. The summed E-state index contributed by atoms with van der Waals surface area (Å²) in [5, 5.41) is 9.18. The molecular weight excluding hydrogens is 330 g/mol. The third kappa shape index (κ3) is 2.96. The van der Waals surface area contributed by atoms with Crippen LogP contribution >= 0.6 is 45.6 Å². The molecule has 1 unspecified atom stereocenters. The molecule has 20 heavy (non-hydrogen) atoms. The van der Waals surface area contributed by atoms with Gasteiger partial charge in [0.1, 0.15) is 0 Å². The van der Waals surface area contributed by atoms with Crippen molar-refractivity contribution < 1.29 is 4.79 Å². The average molecular weight is 340 g/mol. The van der Waals surface area contributed by atoms with Gasteiger partial charge < -0.3 is 5.32 Å². The summed E-state index contributed by atoms with van der Waals surface area (Å²) in [6, 6.07) is 9.46. The summed E-state index contributed by atoms with van der Waals surface area (Å²) in [5.41, 5.74) is 1.11. The fourth-order valence-electron chi connectivity index (χ4n) is 1.85. The number of halogens is 1. The highest BCUT2D eigenvalue weighted by Gasteiger charge is 2.19. The molecule has 3 heterocycles. The number of carbonyl (C=O) groups is 1. The van der Waals surface area contributed by atoms with Crippen molar-refractivity contribution in [1.29, 1.82) is 0 Å². The Morgan fingerprint density at radius 1 is 1.20 bits per heavy atom. The van der Waals surface area contributed by atoms with Crippen molar-refractivity contribution in [1.82, 2.24) is 5.32 Å². The lowest BCUT2D eigenvalue weighted by molar-refractivity contribution is 0.0947. The topological polar surface area (TPSA) is 29.1 Å². The van der Waals surface area contributed by atoms with Crippen LogP contribution in [0.15, 0.2) is 46.5 Å². The maximum Gasteiger partial charge on any atom is 0.262 e. The fourth-order valence-corrected chi connectivity index (χ4v) is 4.29. The first-order chi connectivity index (χ1) is 9.74. The van der Waals surface area contributed by atoms with E-state index < -0.39 is 0 Å². The lowest BCUT2D eigenvalue weighted by atomic mass is 10.1. The second-order valence-corrected chi connectivity index (χ2v) is 7.56. The SMILES string of the molecule is O=C(NC(c1ccsc1)c1cccs1)c1ccc(Cl)s1. The minimum Gasteiger partial charge on any atom is -0.340 e. The minimum absolute atomic E-state index is 0.0912. The Morgan fingerprint density at radius 3 is 2.70 bits per heavy atom. The molecule has 0 saturated heterocycles. The fraction of sp³-hybridized carbons (Fsp3) is 0.0714. The smallest absolute Gasteiger partial charge is 0.262 e. The Kier molecular flexibility index (Phi) is 4.21. The summed E-state index contributed by atoms with van der Waals surface area (Å²) in [6.45, 7) is 0. The van der Waals surface area contributed by atoms with Crippen molar-refractivity contribution >= 4 is 51.5 Å². The van der Waals surface area contributed by atoms with Gasteiger partial charge in [-0.25, -0.2) is 0 Å². The summed E-state index contributed by atoms with van der Waals surface area (Å²) in [6.07, 6.45) is 0. The van der Waals surface area contributed by atoms with Crippen molar-refractivity contribution in [2.75, 3.05) is 0 Å². The Bertz CT molecular complexity index is 654. The van der Waals surface area contributed by atoms with E-state index in [1.165, 1.54) is 11.3 Å². The summed E-state index contributed by atoms with van der Waals surface area (Å²) in [7, 11) is 0. The molecule has 0 aliphatic carbocycles. The molecule has 0 radical (unpaired) electrons. The van der Waals surface area contributed by atoms with Gasteiger partial charge in [0, 0.05) is 4.88 Å². The monoisotopic (exact) mass is 339 g/mol. The highest BCUT2D eigenvalue weighted by molar-refractivity contribution is 7.18. The van der Waals surface area contributed by atoms with Crippen LogP contribution in [0.3, 0.4) is 0 Å². The highest BCUT2D eigenvalue weighted by Crippen LogP contribution is 2.29. The average Bonchev–Trinajstić information content (AvgIpc) is 3.17. The number of rotatable bonds is 4. The second-order valence-electron chi connectivity index (χ2n) is 4.08. The zero-order chi connectivity index (χ0) is 13.9. The highest BCUT2D eigenvalue weighted by atomic mass is 35.5. The van der Waals surface area contributed by atoms with Gasteiger partial charge >= 0.3 is 0 Å². The van der Waals surface area contributed by atoms with Gasteiger partial charge in [0.05, 0.1) is 15.3 Å². The molecule has 3 aromatic heterocycles. The molecular formula is C14H10ClNOS3. The number of hydrogen-bond donors (Lipinski definition) is 1. The molecule has 6 heteroatoms. The molecule has 0 bridgehead atoms. The quantitative estimate of drug-likeness (QED) is 0.708. The molecule has 3 rings (SSSR count). The van der Waals surface area contributed by atoms with E-state index in [9.17, 15) is 4.79 Å². The predicted molar refractivity (Wildman–Crippen MR) is 87.3 cm³/mol. The standard InChI is InChI=1S/C14H10ClNOS3/c15-12-4-3-11(20-12)14(17)16-13(9-5-7-18-8-9)10-2-1-6-19-10/h1-8,13H,(H,16,17). The number of hydrogen-bond acceptors (Lipinski definition) is 4. The molecule has 2 nitrogen and oxygen atoms in total. The van der Waals surface area contributed by atoms with Crippen molar-refractivity contribution in [2.45, 2.75) is 6.04 Å². The number of thiophene rings is 3. The molecule has 0 saturated carbocycles. The van der Waals surface area contributed by atoms with E-state index in [4.69, 9.17) is 11.6 Å². The van der Waals surface area contributed by atoms with Gasteiger partial charge in [-0.05, 0) is 46.0 Å². The van der Waals surface area contributed by atoms with E-state index >= 15 is 0 Å². The molecule has 0 aromatic carbocycles. The van der Waals surface area contributed by atoms with Crippen LogP contribution in [0.1, 0.15) is 26.2 Å². The molecule has 1 N–H and O–H groups in total. The zero-order valence-electron chi connectivity index (χ0n) is 10.2. The van der Waals surface area contributed by atoms with E-state index in [2.05, 4.69) is 10.7 Å². The van der Waals surface area contributed by atoms with E-state index in [1.54, 1.807) is 34.8 Å². The van der Waals surface area contributed by atoms with Gasteiger partial charge in [-0.2, -0.15) is 11.3 Å². The summed E-state index contributed by atoms with van der Waals surface area (Å²) < 4.78 is 0.623. The Morgan fingerprint density at radius 2 is 2.10 bits per heavy atom. The minimum atomic E-state index is -0.102. The maximum absolute atomic E-state index is 12.3. The van der Waals surface area contributed by atoms with Crippen molar-refractivity contribution in [3.63, 3.8) is 0 Å². The Balaban J connectivity index is 1.86. The summed E-state index contributed by atoms with van der Waals surface area (Å²) in [4.78, 5) is 14.1. The van der Waals surface area contributed by atoms with E-state index in [0.29, 0.717) is 9.21 Å².